The Bertz CT molecular complexity index is 688. The van der Waals surface area contributed by atoms with Gasteiger partial charge in [0.25, 0.3) is 0 Å². The Morgan fingerprint density at radius 2 is 2.18 bits per heavy atom. The highest BCUT2D eigenvalue weighted by Crippen LogP contribution is 2.27. The van der Waals surface area contributed by atoms with Crippen LogP contribution in [0.15, 0.2) is 42.9 Å². The molecule has 4 heteroatoms. The quantitative estimate of drug-likeness (QED) is 0.640. The second-order valence-electron chi connectivity index (χ2n) is 3.93. The molecule has 0 atom stereocenters. The molecule has 0 bridgehead atoms. The lowest BCUT2D eigenvalue weighted by atomic mass is 10.0. The fourth-order valence-electron chi connectivity index (χ4n) is 1.94. The molecule has 2 heterocycles. The molecular weight excluding hydrogens is 217 g/mol. The number of rotatable bonds is 1. The molecular formula is C13H10FN3. The van der Waals surface area contributed by atoms with E-state index in [9.17, 15) is 4.39 Å². The van der Waals surface area contributed by atoms with Crippen molar-refractivity contribution in [2.75, 3.05) is 0 Å². The van der Waals surface area contributed by atoms with Gasteiger partial charge in [-0.25, -0.2) is 4.39 Å². The molecule has 17 heavy (non-hydrogen) atoms. The van der Waals surface area contributed by atoms with E-state index >= 15 is 0 Å². The number of hydrogen-bond acceptors (Lipinski definition) is 2. The third-order valence-electron chi connectivity index (χ3n) is 2.69. The SMILES string of the molecule is Cn1cc(-c2cc(F)cc3cccnc23)cn1. The van der Waals surface area contributed by atoms with Gasteiger partial charge in [0.1, 0.15) is 5.82 Å². The fraction of sp³-hybridized carbons (Fsp3) is 0.0769. The summed E-state index contributed by atoms with van der Waals surface area (Å²) in [5.41, 5.74) is 2.44. The van der Waals surface area contributed by atoms with E-state index in [4.69, 9.17) is 0 Å². The summed E-state index contributed by atoms with van der Waals surface area (Å²) in [5.74, 6) is -0.260. The van der Waals surface area contributed by atoms with Crippen molar-refractivity contribution >= 4 is 10.9 Å². The van der Waals surface area contributed by atoms with E-state index in [2.05, 4.69) is 10.1 Å². The molecule has 0 aliphatic carbocycles. The maximum absolute atomic E-state index is 13.5. The minimum Gasteiger partial charge on any atom is -0.275 e. The fourth-order valence-corrected chi connectivity index (χ4v) is 1.94. The maximum Gasteiger partial charge on any atom is 0.124 e. The Labute approximate surface area is 97.5 Å². The molecule has 0 spiro atoms. The van der Waals surface area contributed by atoms with Crippen LogP contribution >= 0.6 is 0 Å². The number of hydrogen-bond donors (Lipinski definition) is 0. The number of halogens is 1. The largest absolute Gasteiger partial charge is 0.275 e. The molecule has 0 saturated heterocycles. The van der Waals surface area contributed by atoms with Gasteiger partial charge in [-0.15, -0.1) is 0 Å². The Morgan fingerprint density at radius 1 is 1.29 bits per heavy atom. The summed E-state index contributed by atoms with van der Waals surface area (Å²) < 4.78 is 15.2. The van der Waals surface area contributed by atoms with Crippen molar-refractivity contribution in [3.63, 3.8) is 0 Å². The lowest BCUT2D eigenvalue weighted by Crippen LogP contribution is -1.87. The molecule has 0 N–H and O–H groups in total. The Hall–Kier alpha value is -2.23. The number of benzene rings is 1. The van der Waals surface area contributed by atoms with Gasteiger partial charge in [0, 0.05) is 36.0 Å². The number of fused-ring (bicyclic) bond motifs is 1. The van der Waals surface area contributed by atoms with Gasteiger partial charge in [-0.1, -0.05) is 6.07 Å². The topological polar surface area (TPSA) is 30.7 Å². The standard InChI is InChI=1S/C13H10FN3/c1-17-8-10(7-16-17)12-6-11(14)5-9-3-2-4-15-13(9)12/h2-8H,1H3. The molecule has 0 fully saturated rings. The van der Waals surface area contributed by atoms with Crippen molar-refractivity contribution in [1.29, 1.82) is 0 Å². The second-order valence-corrected chi connectivity index (χ2v) is 3.93. The predicted molar refractivity (Wildman–Crippen MR) is 63.9 cm³/mol. The Morgan fingerprint density at radius 3 is 2.94 bits per heavy atom. The third-order valence-corrected chi connectivity index (χ3v) is 2.69. The summed E-state index contributed by atoms with van der Waals surface area (Å²) in [6, 6.07) is 6.63. The average Bonchev–Trinajstić information content (AvgIpc) is 2.74. The summed E-state index contributed by atoms with van der Waals surface area (Å²) >= 11 is 0. The number of nitrogens with zero attached hydrogens (tertiary/aromatic N) is 3. The van der Waals surface area contributed by atoms with Crippen molar-refractivity contribution < 1.29 is 4.39 Å². The summed E-state index contributed by atoms with van der Waals surface area (Å²) in [7, 11) is 1.83. The monoisotopic (exact) mass is 227 g/mol. The molecule has 0 amide bonds. The zero-order chi connectivity index (χ0) is 11.8. The first-order chi connectivity index (χ1) is 8.24. The van der Waals surface area contributed by atoms with E-state index in [0.29, 0.717) is 0 Å². The Balaban J connectivity index is 2.35. The molecule has 3 rings (SSSR count). The van der Waals surface area contributed by atoms with Crippen LogP contribution in [-0.4, -0.2) is 14.8 Å². The van der Waals surface area contributed by atoms with Gasteiger partial charge in [-0.3, -0.25) is 9.67 Å². The van der Waals surface area contributed by atoms with E-state index in [1.807, 2.05) is 19.3 Å². The number of aryl methyl sites for hydroxylation is 1. The van der Waals surface area contributed by atoms with Crippen molar-refractivity contribution in [1.82, 2.24) is 14.8 Å². The predicted octanol–water partition coefficient (Wildman–Crippen LogP) is 2.77. The van der Waals surface area contributed by atoms with Gasteiger partial charge in [0.05, 0.1) is 11.7 Å². The highest BCUT2D eigenvalue weighted by molar-refractivity contribution is 5.93. The zero-order valence-corrected chi connectivity index (χ0v) is 9.26. The van der Waals surface area contributed by atoms with E-state index < -0.39 is 0 Å². The van der Waals surface area contributed by atoms with Crippen molar-refractivity contribution in [3.05, 3.63) is 48.7 Å². The summed E-state index contributed by atoms with van der Waals surface area (Å²) in [6.07, 6.45) is 5.27. The smallest absolute Gasteiger partial charge is 0.124 e. The number of aromatic nitrogens is 3. The van der Waals surface area contributed by atoms with Gasteiger partial charge in [0.15, 0.2) is 0 Å². The van der Waals surface area contributed by atoms with Crippen LogP contribution in [-0.2, 0) is 7.05 Å². The van der Waals surface area contributed by atoms with E-state index in [-0.39, 0.29) is 5.82 Å². The minimum absolute atomic E-state index is 0.260. The van der Waals surface area contributed by atoms with Crippen LogP contribution in [0.25, 0.3) is 22.0 Å². The molecule has 0 radical (unpaired) electrons. The van der Waals surface area contributed by atoms with Gasteiger partial charge in [0.2, 0.25) is 0 Å². The maximum atomic E-state index is 13.5. The second kappa shape index (κ2) is 3.66. The normalized spacial score (nSPS) is 10.9. The molecule has 0 unspecified atom stereocenters. The van der Waals surface area contributed by atoms with Crippen LogP contribution in [0.2, 0.25) is 0 Å². The van der Waals surface area contributed by atoms with Crippen LogP contribution in [0, 0.1) is 5.82 Å². The molecule has 3 nitrogen and oxygen atoms in total. The van der Waals surface area contributed by atoms with Crippen molar-refractivity contribution in [3.8, 4) is 11.1 Å². The molecule has 2 aromatic heterocycles. The van der Waals surface area contributed by atoms with Gasteiger partial charge >= 0.3 is 0 Å². The van der Waals surface area contributed by atoms with E-state index in [1.165, 1.54) is 12.1 Å². The first-order valence-corrected chi connectivity index (χ1v) is 5.27. The molecule has 84 valence electrons. The van der Waals surface area contributed by atoms with Gasteiger partial charge in [-0.2, -0.15) is 5.10 Å². The molecule has 0 aliphatic rings. The number of pyridine rings is 1. The summed E-state index contributed by atoms with van der Waals surface area (Å²) in [5, 5.41) is 4.89. The zero-order valence-electron chi connectivity index (χ0n) is 9.26. The Kier molecular flexibility index (Phi) is 2.14. The molecule has 0 saturated carbocycles. The first kappa shape index (κ1) is 9.96. The van der Waals surface area contributed by atoms with E-state index in [1.54, 1.807) is 23.1 Å². The third kappa shape index (κ3) is 1.67. The van der Waals surface area contributed by atoms with Gasteiger partial charge in [-0.05, 0) is 18.2 Å². The lowest BCUT2D eigenvalue weighted by molar-refractivity contribution is 0.630. The molecule has 3 aromatic rings. The van der Waals surface area contributed by atoms with Crippen molar-refractivity contribution in [2.45, 2.75) is 0 Å². The highest BCUT2D eigenvalue weighted by Gasteiger charge is 2.08. The summed E-state index contributed by atoms with van der Waals surface area (Å²) in [4.78, 5) is 4.30. The first-order valence-electron chi connectivity index (χ1n) is 5.27. The van der Waals surface area contributed by atoms with Crippen LogP contribution in [0.3, 0.4) is 0 Å². The molecule has 1 aromatic carbocycles. The minimum atomic E-state index is -0.260. The summed E-state index contributed by atoms with van der Waals surface area (Å²) in [6.45, 7) is 0. The average molecular weight is 227 g/mol. The highest BCUT2D eigenvalue weighted by atomic mass is 19.1. The molecule has 0 aliphatic heterocycles. The lowest BCUT2D eigenvalue weighted by Gasteiger charge is -2.03. The van der Waals surface area contributed by atoms with Crippen molar-refractivity contribution in [2.24, 2.45) is 7.05 Å². The van der Waals surface area contributed by atoms with Crippen LogP contribution in [0.1, 0.15) is 0 Å². The van der Waals surface area contributed by atoms with Gasteiger partial charge < -0.3 is 0 Å². The van der Waals surface area contributed by atoms with Crippen LogP contribution in [0.5, 0.6) is 0 Å². The van der Waals surface area contributed by atoms with Crippen LogP contribution in [0.4, 0.5) is 4.39 Å². The van der Waals surface area contributed by atoms with Crippen LogP contribution < -0.4 is 0 Å². The van der Waals surface area contributed by atoms with E-state index in [0.717, 1.165) is 22.0 Å².